The van der Waals surface area contributed by atoms with Crippen molar-refractivity contribution in [2.45, 2.75) is 25.4 Å². The predicted octanol–water partition coefficient (Wildman–Crippen LogP) is 3.16. The topological polar surface area (TPSA) is 41.6 Å². The molecule has 2 aliphatic rings. The Morgan fingerprint density at radius 2 is 1.92 bits per heavy atom. The van der Waals surface area contributed by atoms with Crippen molar-refractivity contribution in [1.82, 2.24) is 10.2 Å². The zero-order valence-corrected chi connectivity index (χ0v) is 16.3. The lowest BCUT2D eigenvalue weighted by molar-refractivity contribution is -0.150. The Morgan fingerprint density at radius 3 is 2.60 bits per heavy atom. The molecule has 2 heterocycles. The Kier molecular flexibility index (Phi) is 8.94. The van der Waals surface area contributed by atoms with Crippen LogP contribution in [-0.2, 0) is 9.53 Å². The van der Waals surface area contributed by atoms with Gasteiger partial charge in [0.05, 0.1) is 5.41 Å². The minimum absolute atomic E-state index is 0. The number of ether oxygens (including phenoxy) is 1. The lowest BCUT2D eigenvalue weighted by Gasteiger charge is -2.29. The molecule has 6 heteroatoms. The Labute approximate surface area is 162 Å². The number of nitrogens with zero attached hydrogens (tertiary/aromatic N) is 1. The van der Waals surface area contributed by atoms with Gasteiger partial charge in [0.2, 0.25) is 0 Å². The molecule has 0 bridgehead atoms. The zero-order chi connectivity index (χ0) is 16.1. The monoisotopic (exact) mass is 386 g/mol. The van der Waals surface area contributed by atoms with Gasteiger partial charge in [-0.15, -0.1) is 24.8 Å². The standard InChI is InChI=1S/C19H26N2O2.2ClH/c1-21(13-5-8-16-6-3-2-4-7-16)15-17-14-19(18(22)23-17)9-11-20-12-10-19;;/h2-8,17,20H,9-15H2,1H3;2*1H/b8-5+;;. The molecule has 140 valence electrons. The van der Waals surface area contributed by atoms with Crippen molar-refractivity contribution >= 4 is 36.9 Å². The molecule has 2 aliphatic heterocycles. The Balaban J connectivity index is 0.00000156. The van der Waals surface area contributed by atoms with Crippen LogP contribution >= 0.6 is 24.8 Å². The van der Waals surface area contributed by atoms with Crippen LogP contribution in [-0.4, -0.2) is 50.2 Å². The number of nitrogens with one attached hydrogen (secondary N) is 1. The summed E-state index contributed by atoms with van der Waals surface area (Å²) < 4.78 is 5.66. The first-order valence-corrected chi connectivity index (χ1v) is 8.50. The van der Waals surface area contributed by atoms with Gasteiger partial charge in [-0.2, -0.15) is 0 Å². The number of carbonyl (C=O) groups is 1. The second kappa shape index (κ2) is 10.2. The van der Waals surface area contributed by atoms with Gasteiger partial charge in [0, 0.05) is 19.5 Å². The van der Waals surface area contributed by atoms with Crippen molar-refractivity contribution in [3.05, 3.63) is 42.0 Å². The van der Waals surface area contributed by atoms with Crippen LogP contribution in [0, 0.1) is 5.41 Å². The second-order valence-electron chi connectivity index (χ2n) is 6.80. The Bertz CT molecular complexity index is 560. The lowest BCUT2D eigenvalue weighted by Crippen LogP contribution is -2.39. The summed E-state index contributed by atoms with van der Waals surface area (Å²) in [5, 5.41) is 3.33. The van der Waals surface area contributed by atoms with E-state index in [-0.39, 0.29) is 42.3 Å². The van der Waals surface area contributed by atoms with E-state index >= 15 is 0 Å². The van der Waals surface area contributed by atoms with Gasteiger partial charge in [0.25, 0.3) is 0 Å². The minimum atomic E-state index is -0.212. The number of cyclic esters (lactones) is 1. The second-order valence-corrected chi connectivity index (χ2v) is 6.80. The van der Waals surface area contributed by atoms with Crippen LogP contribution in [0.3, 0.4) is 0 Å². The third kappa shape index (κ3) is 5.71. The molecule has 25 heavy (non-hydrogen) atoms. The van der Waals surface area contributed by atoms with Crippen LogP contribution in [0.15, 0.2) is 36.4 Å². The molecule has 1 spiro atoms. The number of halogens is 2. The average molecular weight is 387 g/mol. The first-order valence-electron chi connectivity index (χ1n) is 8.50. The molecule has 1 atom stereocenters. The highest BCUT2D eigenvalue weighted by Gasteiger charge is 2.49. The fourth-order valence-electron chi connectivity index (χ4n) is 3.61. The van der Waals surface area contributed by atoms with E-state index < -0.39 is 0 Å². The maximum atomic E-state index is 12.3. The Hall–Kier alpha value is -1.07. The SMILES string of the molecule is CN(C/C=C/c1ccccc1)CC1CC2(CCNCC2)C(=O)O1.Cl.Cl. The summed E-state index contributed by atoms with van der Waals surface area (Å²) in [6.07, 6.45) is 7.04. The quantitative estimate of drug-likeness (QED) is 0.789. The molecule has 3 rings (SSSR count). The molecule has 1 unspecified atom stereocenters. The number of piperidine rings is 1. The van der Waals surface area contributed by atoms with Crippen LogP contribution in [0.4, 0.5) is 0 Å². The summed E-state index contributed by atoms with van der Waals surface area (Å²) >= 11 is 0. The summed E-state index contributed by atoms with van der Waals surface area (Å²) in [4.78, 5) is 14.5. The zero-order valence-electron chi connectivity index (χ0n) is 14.6. The first-order chi connectivity index (χ1) is 11.2. The van der Waals surface area contributed by atoms with Crippen molar-refractivity contribution in [1.29, 1.82) is 0 Å². The first kappa shape index (κ1) is 22.0. The summed E-state index contributed by atoms with van der Waals surface area (Å²) in [5.41, 5.74) is 0.998. The van der Waals surface area contributed by atoms with Crippen LogP contribution < -0.4 is 5.32 Å². The molecule has 1 aromatic rings. The molecule has 0 saturated carbocycles. The fraction of sp³-hybridized carbons (Fsp3) is 0.526. The fourth-order valence-corrected chi connectivity index (χ4v) is 3.61. The van der Waals surface area contributed by atoms with E-state index in [1.54, 1.807) is 0 Å². The van der Waals surface area contributed by atoms with Gasteiger partial charge < -0.3 is 10.1 Å². The van der Waals surface area contributed by atoms with Gasteiger partial charge in [-0.3, -0.25) is 9.69 Å². The summed E-state index contributed by atoms with van der Waals surface area (Å²) in [7, 11) is 2.08. The molecule has 0 amide bonds. The summed E-state index contributed by atoms with van der Waals surface area (Å²) in [6.45, 7) is 3.52. The van der Waals surface area contributed by atoms with Crippen LogP contribution in [0.1, 0.15) is 24.8 Å². The van der Waals surface area contributed by atoms with Gasteiger partial charge in [-0.05, 0) is 38.5 Å². The Morgan fingerprint density at radius 1 is 1.24 bits per heavy atom. The van der Waals surface area contributed by atoms with Gasteiger partial charge >= 0.3 is 5.97 Å². The largest absolute Gasteiger partial charge is 0.461 e. The summed E-state index contributed by atoms with van der Waals surface area (Å²) in [5.74, 6) is 0.0252. The van der Waals surface area contributed by atoms with Crippen LogP contribution in [0.5, 0.6) is 0 Å². The normalized spacial score (nSPS) is 21.8. The number of carbonyl (C=O) groups excluding carboxylic acids is 1. The highest BCUT2D eigenvalue weighted by molar-refractivity contribution is 5.85. The molecular weight excluding hydrogens is 359 g/mol. The van der Waals surface area contributed by atoms with Gasteiger partial charge in [-0.1, -0.05) is 42.5 Å². The van der Waals surface area contributed by atoms with E-state index in [0.29, 0.717) is 0 Å². The molecular formula is C19H28Cl2N2O2. The molecule has 2 saturated heterocycles. The number of hydrogen-bond acceptors (Lipinski definition) is 4. The van der Waals surface area contributed by atoms with E-state index in [1.165, 1.54) is 5.56 Å². The van der Waals surface area contributed by atoms with Gasteiger partial charge in [0.1, 0.15) is 6.10 Å². The maximum absolute atomic E-state index is 12.3. The third-order valence-electron chi connectivity index (χ3n) is 4.93. The van der Waals surface area contributed by atoms with Crippen LogP contribution in [0.2, 0.25) is 0 Å². The highest BCUT2D eigenvalue weighted by Crippen LogP contribution is 2.41. The van der Waals surface area contributed by atoms with Crippen molar-refractivity contribution < 1.29 is 9.53 Å². The lowest BCUT2D eigenvalue weighted by atomic mass is 9.76. The van der Waals surface area contributed by atoms with E-state index in [4.69, 9.17) is 4.74 Å². The smallest absolute Gasteiger partial charge is 0.312 e. The number of rotatable bonds is 5. The predicted molar refractivity (Wildman–Crippen MR) is 107 cm³/mol. The summed E-state index contributed by atoms with van der Waals surface area (Å²) in [6, 6.07) is 10.3. The minimum Gasteiger partial charge on any atom is -0.461 e. The van der Waals surface area contributed by atoms with E-state index in [9.17, 15) is 4.79 Å². The number of hydrogen-bond donors (Lipinski definition) is 1. The maximum Gasteiger partial charge on any atom is 0.312 e. The van der Waals surface area contributed by atoms with Crippen molar-refractivity contribution in [3.8, 4) is 0 Å². The average Bonchev–Trinajstić information content (AvgIpc) is 2.84. The molecule has 2 fully saturated rings. The molecule has 0 aromatic heterocycles. The van der Waals surface area contributed by atoms with E-state index in [1.807, 2.05) is 18.2 Å². The number of esters is 1. The van der Waals surface area contributed by atoms with Gasteiger partial charge in [0.15, 0.2) is 0 Å². The number of likely N-dealkylation sites (N-methyl/N-ethyl adjacent to an activating group) is 1. The van der Waals surface area contributed by atoms with Crippen molar-refractivity contribution in [2.24, 2.45) is 5.41 Å². The third-order valence-corrected chi connectivity index (χ3v) is 4.93. The van der Waals surface area contributed by atoms with Crippen molar-refractivity contribution in [3.63, 3.8) is 0 Å². The molecule has 0 aliphatic carbocycles. The number of benzene rings is 1. The van der Waals surface area contributed by atoms with E-state index in [2.05, 4.69) is 41.5 Å². The molecule has 1 aromatic carbocycles. The van der Waals surface area contributed by atoms with Crippen molar-refractivity contribution in [2.75, 3.05) is 33.2 Å². The molecule has 4 nitrogen and oxygen atoms in total. The van der Waals surface area contributed by atoms with Crippen LogP contribution in [0.25, 0.3) is 6.08 Å². The molecule has 0 radical (unpaired) electrons. The van der Waals surface area contributed by atoms with Gasteiger partial charge in [-0.25, -0.2) is 0 Å². The highest BCUT2D eigenvalue weighted by atomic mass is 35.5. The van der Waals surface area contributed by atoms with E-state index in [0.717, 1.165) is 45.4 Å². The molecule has 1 N–H and O–H groups in total.